The molecule has 0 bridgehead atoms. The van der Waals surface area contributed by atoms with Gasteiger partial charge in [0.2, 0.25) is 0 Å². The van der Waals surface area contributed by atoms with Gasteiger partial charge in [0.05, 0.1) is 0 Å². The molecule has 0 atom stereocenters. The van der Waals surface area contributed by atoms with Crippen LogP contribution in [0.1, 0.15) is 0 Å². The van der Waals surface area contributed by atoms with Crippen LogP contribution in [-0.2, 0) is 0 Å². The van der Waals surface area contributed by atoms with E-state index in [1.54, 1.807) is 0 Å². The second-order valence-electron chi connectivity index (χ2n) is 5.19. The van der Waals surface area contributed by atoms with Crippen LogP contribution in [0.3, 0.4) is 0 Å². The van der Waals surface area contributed by atoms with Gasteiger partial charge in [-0.05, 0) is 38.7 Å². The summed E-state index contributed by atoms with van der Waals surface area (Å²) in [5, 5.41) is 1.28. The van der Waals surface area contributed by atoms with Crippen LogP contribution in [-0.4, -0.2) is 0 Å². The maximum absolute atomic E-state index is 3.78. The molecule has 0 fully saturated rings. The van der Waals surface area contributed by atoms with Gasteiger partial charge in [0.1, 0.15) is 0 Å². The predicted molar refractivity (Wildman–Crippen MR) is 100 cm³/mol. The van der Waals surface area contributed by atoms with E-state index in [2.05, 4.69) is 94.8 Å². The van der Waals surface area contributed by atoms with Crippen molar-refractivity contribution in [1.82, 2.24) is 0 Å². The first-order chi connectivity index (χ1) is 10.8. The molecular weight excluding hydrogens is 352 g/mol. The highest BCUT2D eigenvalue weighted by Crippen LogP contribution is 2.43. The van der Waals surface area contributed by atoms with Crippen molar-refractivity contribution in [3.8, 4) is 21.6 Å². The Kier molecular flexibility index (Phi) is 3.57. The van der Waals surface area contributed by atoms with Gasteiger partial charge < -0.3 is 0 Å². The third-order valence-corrected chi connectivity index (χ3v) is 6.06. The number of fused-ring (bicyclic) bond motifs is 1. The molecule has 0 amide bonds. The largest absolute Gasteiger partial charge is 0.134 e. The lowest BCUT2D eigenvalue weighted by molar-refractivity contribution is 1.65. The Balaban J connectivity index is 1.88. The Hall–Kier alpha value is -1.90. The Bertz CT molecular complexity index is 924. The zero-order chi connectivity index (χ0) is 14.9. The fraction of sp³-hybridized carbons (Fsp3) is 0. The Morgan fingerprint density at radius 2 is 1.27 bits per heavy atom. The maximum atomic E-state index is 3.78. The molecule has 22 heavy (non-hydrogen) atoms. The Morgan fingerprint density at radius 1 is 0.636 bits per heavy atom. The van der Waals surface area contributed by atoms with E-state index in [9.17, 15) is 0 Å². The molecule has 0 aliphatic rings. The monoisotopic (exact) mass is 364 g/mol. The van der Waals surface area contributed by atoms with Gasteiger partial charge in [0.25, 0.3) is 0 Å². The topological polar surface area (TPSA) is 0 Å². The van der Waals surface area contributed by atoms with E-state index in [0.717, 1.165) is 0 Å². The fourth-order valence-electron chi connectivity index (χ4n) is 2.65. The van der Waals surface area contributed by atoms with Gasteiger partial charge in [-0.25, -0.2) is 0 Å². The quantitative estimate of drug-likeness (QED) is 0.359. The van der Waals surface area contributed by atoms with E-state index in [0.29, 0.717) is 0 Å². The summed E-state index contributed by atoms with van der Waals surface area (Å²) < 4.78 is 2.50. The van der Waals surface area contributed by atoms with Crippen molar-refractivity contribution in [3.63, 3.8) is 0 Å². The summed E-state index contributed by atoms with van der Waals surface area (Å²) in [6.45, 7) is 0. The molecule has 2 heteroatoms. The molecule has 4 rings (SSSR count). The van der Waals surface area contributed by atoms with E-state index in [1.807, 2.05) is 11.3 Å². The lowest BCUT2D eigenvalue weighted by atomic mass is 10.0. The molecule has 0 nitrogen and oxygen atoms in total. The van der Waals surface area contributed by atoms with E-state index in [-0.39, 0.29) is 0 Å². The third-order valence-electron chi connectivity index (χ3n) is 3.77. The van der Waals surface area contributed by atoms with Crippen LogP contribution < -0.4 is 0 Å². The van der Waals surface area contributed by atoms with Crippen molar-refractivity contribution in [2.45, 2.75) is 0 Å². The van der Waals surface area contributed by atoms with Crippen LogP contribution in [0.4, 0.5) is 0 Å². The fourth-order valence-corrected chi connectivity index (χ4v) is 4.74. The molecule has 0 spiro atoms. The first-order valence-electron chi connectivity index (χ1n) is 7.16. The number of halogens is 1. The van der Waals surface area contributed by atoms with Gasteiger partial charge in [0, 0.05) is 19.4 Å². The average Bonchev–Trinajstić information content (AvgIpc) is 2.93. The molecule has 0 aliphatic heterocycles. The minimum atomic E-state index is 1.19. The summed E-state index contributed by atoms with van der Waals surface area (Å²) in [6, 6.07) is 27.8. The molecule has 0 N–H and O–H groups in total. The molecule has 1 aromatic heterocycles. The van der Waals surface area contributed by atoms with Crippen molar-refractivity contribution in [2.24, 2.45) is 0 Å². The molecule has 0 unspecified atom stereocenters. The first kappa shape index (κ1) is 13.7. The molecule has 0 saturated carbocycles. The minimum absolute atomic E-state index is 1.19. The van der Waals surface area contributed by atoms with Gasteiger partial charge in [-0.3, -0.25) is 0 Å². The van der Waals surface area contributed by atoms with E-state index >= 15 is 0 Å². The Labute approximate surface area is 142 Å². The van der Waals surface area contributed by atoms with Crippen molar-refractivity contribution < 1.29 is 0 Å². The highest BCUT2D eigenvalue weighted by Gasteiger charge is 2.12. The van der Waals surface area contributed by atoms with Gasteiger partial charge in [-0.15, -0.1) is 11.3 Å². The Morgan fingerprint density at radius 3 is 1.95 bits per heavy atom. The highest BCUT2D eigenvalue weighted by molar-refractivity contribution is 9.10. The zero-order valence-electron chi connectivity index (χ0n) is 11.8. The minimum Gasteiger partial charge on any atom is -0.134 e. The summed E-state index contributed by atoms with van der Waals surface area (Å²) in [7, 11) is 0. The summed E-state index contributed by atoms with van der Waals surface area (Å²) in [5.74, 6) is 0. The first-order valence-corrected chi connectivity index (χ1v) is 8.77. The highest BCUT2D eigenvalue weighted by atomic mass is 79.9. The molecule has 4 aromatic rings. The lowest BCUT2D eigenvalue weighted by Crippen LogP contribution is -1.76. The second kappa shape index (κ2) is 5.71. The van der Waals surface area contributed by atoms with Gasteiger partial charge in [-0.2, -0.15) is 0 Å². The van der Waals surface area contributed by atoms with Crippen molar-refractivity contribution in [2.75, 3.05) is 0 Å². The van der Waals surface area contributed by atoms with E-state index in [4.69, 9.17) is 0 Å². The van der Waals surface area contributed by atoms with Gasteiger partial charge in [-0.1, -0.05) is 72.8 Å². The zero-order valence-corrected chi connectivity index (χ0v) is 14.2. The van der Waals surface area contributed by atoms with Crippen LogP contribution in [0.15, 0.2) is 83.3 Å². The van der Waals surface area contributed by atoms with Crippen LogP contribution in [0.5, 0.6) is 0 Å². The van der Waals surface area contributed by atoms with E-state index in [1.165, 1.54) is 36.1 Å². The second-order valence-corrected chi connectivity index (χ2v) is 7.03. The number of hydrogen-bond donors (Lipinski definition) is 0. The van der Waals surface area contributed by atoms with Gasteiger partial charge >= 0.3 is 0 Å². The number of thiophene rings is 1. The molecule has 106 valence electrons. The molecule has 0 radical (unpaired) electrons. The van der Waals surface area contributed by atoms with Gasteiger partial charge in [0.15, 0.2) is 0 Å². The third kappa shape index (κ3) is 2.39. The summed E-state index contributed by atoms with van der Waals surface area (Å²) >= 11 is 5.62. The summed E-state index contributed by atoms with van der Waals surface area (Å²) in [4.78, 5) is 1.29. The molecule has 0 aliphatic carbocycles. The lowest BCUT2D eigenvalue weighted by Gasteiger charge is -2.01. The standard InChI is InChI=1S/C20H13BrS/c21-19-17-12-11-16(14-7-3-1-4-8-14)13-18(17)22-20(19)15-9-5-2-6-10-15/h1-13H. The van der Waals surface area contributed by atoms with Crippen LogP contribution in [0, 0.1) is 0 Å². The summed E-state index contributed by atoms with van der Waals surface area (Å²) in [5.41, 5.74) is 3.79. The smallest absolute Gasteiger partial charge is 0.0497 e. The van der Waals surface area contributed by atoms with Crippen molar-refractivity contribution in [3.05, 3.63) is 83.3 Å². The van der Waals surface area contributed by atoms with Crippen LogP contribution in [0.2, 0.25) is 0 Å². The maximum Gasteiger partial charge on any atom is 0.0497 e. The molecule has 1 heterocycles. The van der Waals surface area contributed by atoms with Crippen molar-refractivity contribution >= 4 is 37.4 Å². The van der Waals surface area contributed by atoms with Crippen LogP contribution in [0.25, 0.3) is 31.7 Å². The molecule has 3 aromatic carbocycles. The SMILES string of the molecule is Brc1c(-c2ccccc2)sc2cc(-c3ccccc3)ccc12. The van der Waals surface area contributed by atoms with Crippen molar-refractivity contribution in [1.29, 1.82) is 0 Å². The summed E-state index contributed by atoms with van der Waals surface area (Å²) in [6.07, 6.45) is 0. The molecular formula is C20H13BrS. The number of benzene rings is 3. The van der Waals surface area contributed by atoms with E-state index < -0.39 is 0 Å². The predicted octanol–water partition coefficient (Wildman–Crippen LogP) is 7.00. The normalized spacial score (nSPS) is 11.0. The molecule has 0 saturated heterocycles. The number of rotatable bonds is 2. The average molecular weight is 365 g/mol. The number of hydrogen-bond acceptors (Lipinski definition) is 1. The van der Waals surface area contributed by atoms with Crippen LogP contribution >= 0.6 is 27.3 Å².